The molecule has 0 radical (unpaired) electrons. The van der Waals surface area contributed by atoms with Gasteiger partial charge in [0.1, 0.15) is 11.6 Å². The number of aryl methyl sites for hydroxylation is 3. The first-order chi connectivity index (χ1) is 8.90. The lowest BCUT2D eigenvalue weighted by Crippen LogP contribution is -2.15. The molecule has 0 heterocycles. The van der Waals surface area contributed by atoms with Crippen LogP contribution < -0.4 is 5.73 Å². The van der Waals surface area contributed by atoms with E-state index in [1.54, 1.807) is 6.92 Å². The van der Waals surface area contributed by atoms with Gasteiger partial charge in [0.2, 0.25) is 0 Å². The van der Waals surface area contributed by atoms with Gasteiger partial charge in [0, 0.05) is 11.6 Å². The maximum atomic E-state index is 13.9. The van der Waals surface area contributed by atoms with Crippen molar-refractivity contribution in [3.63, 3.8) is 0 Å². The maximum Gasteiger partial charge on any atom is 0.131 e. The standard InChI is InChI=1S/C16H17F2N/c1-9-4-5-12(10(2)6-9)16(19)13-7-11(3)14(17)8-15(13)18/h4-8,16H,19H2,1-3H3. The monoisotopic (exact) mass is 261 g/mol. The van der Waals surface area contributed by atoms with Crippen molar-refractivity contribution in [1.82, 2.24) is 0 Å². The molecule has 2 aromatic rings. The lowest BCUT2D eigenvalue weighted by Gasteiger charge is -2.17. The number of nitrogens with two attached hydrogens (primary N) is 1. The molecule has 1 unspecified atom stereocenters. The van der Waals surface area contributed by atoms with Crippen molar-refractivity contribution in [2.24, 2.45) is 5.73 Å². The van der Waals surface area contributed by atoms with Gasteiger partial charge < -0.3 is 5.73 Å². The fourth-order valence-electron chi connectivity index (χ4n) is 2.26. The Morgan fingerprint density at radius 1 is 0.842 bits per heavy atom. The summed E-state index contributed by atoms with van der Waals surface area (Å²) in [6.45, 7) is 5.54. The molecule has 2 N–H and O–H groups in total. The zero-order valence-corrected chi connectivity index (χ0v) is 11.3. The summed E-state index contributed by atoms with van der Waals surface area (Å²) >= 11 is 0. The van der Waals surface area contributed by atoms with Crippen LogP contribution in [0.3, 0.4) is 0 Å². The summed E-state index contributed by atoms with van der Waals surface area (Å²) in [5.74, 6) is -1.15. The minimum atomic E-state index is -0.601. The Bertz CT molecular complexity index is 620. The number of halogens is 2. The number of hydrogen-bond donors (Lipinski definition) is 1. The molecular weight excluding hydrogens is 244 g/mol. The predicted octanol–water partition coefficient (Wildman–Crippen LogP) is 3.94. The average Bonchev–Trinajstić information content (AvgIpc) is 2.33. The van der Waals surface area contributed by atoms with Crippen molar-refractivity contribution in [3.05, 3.63) is 69.8 Å². The first-order valence-corrected chi connectivity index (χ1v) is 6.18. The van der Waals surface area contributed by atoms with Crippen LogP contribution in [-0.2, 0) is 0 Å². The summed E-state index contributed by atoms with van der Waals surface area (Å²) in [6, 6.07) is 7.63. The first-order valence-electron chi connectivity index (χ1n) is 6.18. The molecule has 2 aromatic carbocycles. The zero-order valence-electron chi connectivity index (χ0n) is 11.3. The van der Waals surface area contributed by atoms with E-state index in [1.165, 1.54) is 6.07 Å². The molecule has 0 saturated carbocycles. The van der Waals surface area contributed by atoms with Crippen LogP contribution in [0.4, 0.5) is 8.78 Å². The molecule has 0 saturated heterocycles. The minimum absolute atomic E-state index is 0.325. The second-order valence-electron chi connectivity index (χ2n) is 4.96. The van der Waals surface area contributed by atoms with E-state index < -0.39 is 17.7 Å². The molecular formula is C16H17F2N. The first kappa shape index (κ1) is 13.7. The fourth-order valence-corrected chi connectivity index (χ4v) is 2.26. The van der Waals surface area contributed by atoms with E-state index in [-0.39, 0.29) is 0 Å². The molecule has 0 aliphatic heterocycles. The zero-order chi connectivity index (χ0) is 14.2. The highest BCUT2D eigenvalue weighted by Gasteiger charge is 2.17. The average molecular weight is 261 g/mol. The summed E-state index contributed by atoms with van der Waals surface area (Å²) in [7, 11) is 0. The van der Waals surface area contributed by atoms with E-state index >= 15 is 0 Å². The summed E-state index contributed by atoms with van der Waals surface area (Å²) in [5.41, 5.74) is 9.84. The molecule has 19 heavy (non-hydrogen) atoms. The molecule has 1 nitrogen and oxygen atoms in total. The molecule has 0 aromatic heterocycles. The van der Waals surface area contributed by atoms with Gasteiger partial charge in [-0.2, -0.15) is 0 Å². The smallest absolute Gasteiger partial charge is 0.131 e. The third kappa shape index (κ3) is 2.66. The third-order valence-electron chi connectivity index (χ3n) is 3.37. The second-order valence-corrected chi connectivity index (χ2v) is 4.96. The van der Waals surface area contributed by atoms with Gasteiger partial charge in [0.15, 0.2) is 0 Å². The van der Waals surface area contributed by atoms with E-state index in [2.05, 4.69) is 0 Å². The fraction of sp³-hybridized carbons (Fsp3) is 0.250. The van der Waals surface area contributed by atoms with Gasteiger partial charge in [-0.25, -0.2) is 8.78 Å². The second kappa shape index (κ2) is 5.10. The van der Waals surface area contributed by atoms with Crippen LogP contribution in [0.2, 0.25) is 0 Å². The van der Waals surface area contributed by atoms with Crippen molar-refractivity contribution < 1.29 is 8.78 Å². The third-order valence-corrected chi connectivity index (χ3v) is 3.37. The van der Waals surface area contributed by atoms with Crippen molar-refractivity contribution >= 4 is 0 Å². The topological polar surface area (TPSA) is 26.0 Å². The van der Waals surface area contributed by atoms with Crippen LogP contribution in [0.1, 0.15) is 33.9 Å². The molecule has 0 aliphatic rings. The van der Waals surface area contributed by atoms with E-state index in [9.17, 15) is 8.78 Å². The van der Waals surface area contributed by atoms with Gasteiger partial charge in [-0.1, -0.05) is 23.8 Å². The molecule has 0 amide bonds. The van der Waals surface area contributed by atoms with E-state index in [4.69, 9.17) is 5.73 Å². The predicted molar refractivity (Wildman–Crippen MR) is 73.0 cm³/mol. The van der Waals surface area contributed by atoms with Crippen molar-refractivity contribution in [3.8, 4) is 0 Å². The number of hydrogen-bond acceptors (Lipinski definition) is 1. The Balaban J connectivity index is 2.49. The normalized spacial score (nSPS) is 12.5. The molecule has 0 spiro atoms. The molecule has 0 fully saturated rings. The largest absolute Gasteiger partial charge is 0.320 e. The number of rotatable bonds is 2. The number of benzene rings is 2. The van der Waals surface area contributed by atoms with Gasteiger partial charge in [-0.15, -0.1) is 0 Å². The highest BCUT2D eigenvalue weighted by atomic mass is 19.1. The Labute approximate surface area is 112 Å². The van der Waals surface area contributed by atoms with E-state index in [1.807, 2.05) is 32.0 Å². The van der Waals surface area contributed by atoms with E-state index in [0.29, 0.717) is 11.1 Å². The van der Waals surface area contributed by atoms with Gasteiger partial charge in [0.05, 0.1) is 6.04 Å². The summed E-state index contributed by atoms with van der Waals surface area (Å²) < 4.78 is 27.1. The van der Waals surface area contributed by atoms with Crippen LogP contribution >= 0.6 is 0 Å². The quantitative estimate of drug-likeness (QED) is 0.870. The summed E-state index contributed by atoms with van der Waals surface area (Å²) in [5, 5.41) is 0. The molecule has 3 heteroatoms. The Hall–Kier alpha value is -1.74. The van der Waals surface area contributed by atoms with Gasteiger partial charge >= 0.3 is 0 Å². The van der Waals surface area contributed by atoms with E-state index in [0.717, 1.165) is 22.8 Å². The summed E-state index contributed by atoms with van der Waals surface area (Å²) in [6.07, 6.45) is 0. The summed E-state index contributed by atoms with van der Waals surface area (Å²) in [4.78, 5) is 0. The maximum absolute atomic E-state index is 13.9. The molecule has 0 aliphatic carbocycles. The molecule has 100 valence electrons. The lowest BCUT2D eigenvalue weighted by atomic mass is 9.93. The van der Waals surface area contributed by atoms with Crippen LogP contribution in [0, 0.1) is 32.4 Å². The Morgan fingerprint density at radius 3 is 2.16 bits per heavy atom. The molecule has 1 atom stereocenters. The van der Waals surface area contributed by atoms with Gasteiger partial charge in [0.25, 0.3) is 0 Å². The highest BCUT2D eigenvalue weighted by Crippen LogP contribution is 2.27. The Kier molecular flexibility index (Phi) is 3.67. The highest BCUT2D eigenvalue weighted by molar-refractivity contribution is 5.40. The van der Waals surface area contributed by atoms with Gasteiger partial charge in [-0.05, 0) is 43.5 Å². The van der Waals surface area contributed by atoms with Crippen LogP contribution in [0.25, 0.3) is 0 Å². The Morgan fingerprint density at radius 2 is 1.53 bits per heavy atom. The van der Waals surface area contributed by atoms with Crippen molar-refractivity contribution in [1.29, 1.82) is 0 Å². The lowest BCUT2D eigenvalue weighted by molar-refractivity contribution is 0.560. The molecule has 0 bridgehead atoms. The van der Waals surface area contributed by atoms with Crippen LogP contribution in [0.5, 0.6) is 0 Å². The van der Waals surface area contributed by atoms with Crippen LogP contribution in [-0.4, -0.2) is 0 Å². The van der Waals surface area contributed by atoms with Gasteiger partial charge in [-0.3, -0.25) is 0 Å². The van der Waals surface area contributed by atoms with Crippen molar-refractivity contribution in [2.75, 3.05) is 0 Å². The SMILES string of the molecule is Cc1ccc(C(N)c2cc(C)c(F)cc2F)c(C)c1. The van der Waals surface area contributed by atoms with Crippen LogP contribution in [0.15, 0.2) is 30.3 Å². The molecule has 2 rings (SSSR count). The van der Waals surface area contributed by atoms with Crippen molar-refractivity contribution in [2.45, 2.75) is 26.8 Å². The minimum Gasteiger partial charge on any atom is -0.320 e.